The summed E-state index contributed by atoms with van der Waals surface area (Å²) in [5.41, 5.74) is 0.853. The van der Waals surface area contributed by atoms with Gasteiger partial charge in [-0.25, -0.2) is 0 Å². The van der Waals surface area contributed by atoms with Crippen LogP contribution in [0.15, 0.2) is 30.6 Å². The zero-order valence-electron chi connectivity index (χ0n) is 14.0. The summed E-state index contributed by atoms with van der Waals surface area (Å²) in [5.74, 6) is 6.74. The summed E-state index contributed by atoms with van der Waals surface area (Å²) in [6, 6.07) is 6.08. The molecule has 2 aliphatic rings. The van der Waals surface area contributed by atoms with Crippen molar-refractivity contribution in [2.24, 2.45) is 0 Å². The van der Waals surface area contributed by atoms with E-state index in [-0.39, 0.29) is 12.2 Å². The second-order valence-electron chi connectivity index (χ2n) is 6.48. The summed E-state index contributed by atoms with van der Waals surface area (Å²) < 4.78 is 5.97. The van der Waals surface area contributed by atoms with E-state index in [9.17, 15) is 5.11 Å². The highest BCUT2D eigenvalue weighted by atomic mass is 16.5. The molecule has 0 aliphatic carbocycles. The minimum atomic E-state index is -1.00. The molecule has 0 aromatic heterocycles. The molecule has 2 aliphatic heterocycles. The highest BCUT2D eigenvalue weighted by molar-refractivity contribution is 5.66. The molecule has 0 amide bonds. The van der Waals surface area contributed by atoms with Crippen LogP contribution in [0, 0.1) is 11.8 Å². The van der Waals surface area contributed by atoms with E-state index in [1.165, 1.54) is 0 Å². The first-order valence-electron chi connectivity index (χ1n) is 7.77. The fourth-order valence-electron chi connectivity index (χ4n) is 2.89. The summed E-state index contributed by atoms with van der Waals surface area (Å²) >= 11 is 0. The molecule has 1 aromatic carbocycles. The molecule has 0 bridgehead atoms. The van der Waals surface area contributed by atoms with E-state index in [1.807, 2.05) is 25.2 Å². The van der Waals surface area contributed by atoms with Crippen molar-refractivity contribution >= 4 is 5.69 Å². The quantitative estimate of drug-likeness (QED) is 0.766. The third kappa shape index (κ3) is 3.14. The maximum Gasteiger partial charge on any atom is 0.143 e. The van der Waals surface area contributed by atoms with Gasteiger partial charge < -0.3 is 25.0 Å². The normalized spacial score (nSPS) is 22.7. The molecule has 122 valence electrons. The zero-order valence-corrected chi connectivity index (χ0v) is 14.0. The Morgan fingerprint density at radius 3 is 2.83 bits per heavy atom. The molecule has 5 heteroatoms. The maximum atomic E-state index is 9.78. The van der Waals surface area contributed by atoms with E-state index in [0.29, 0.717) is 6.61 Å². The third-order valence-corrected chi connectivity index (χ3v) is 4.06. The summed E-state index contributed by atoms with van der Waals surface area (Å²) in [6.45, 7) is 3.96. The molecule has 0 radical (unpaired) electrons. The number of anilines is 1. The predicted octanol–water partition coefficient (Wildman–Crippen LogP) is 1.34. The van der Waals surface area contributed by atoms with Gasteiger partial charge in [-0.2, -0.15) is 0 Å². The van der Waals surface area contributed by atoms with Gasteiger partial charge in [0.05, 0.1) is 11.7 Å². The van der Waals surface area contributed by atoms with Crippen molar-refractivity contribution in [2.75, 3.05) is 25.6 Å². The number of ether oxygens (including phenoxy) is 1. The van der Waals surface area contributed by atoms with Crippen molar-refractivity contribution in [3.05, 3.63) is 36.2 Å². The van der Waals surface area contributed by atoms with Crippen LogP contribution in [0.3, 0.4) is 0 Å². The van der Waals surface area contributed by atoms with Gasteiger partial charge in [0, 0.05) is 25.0 Å². The van der Waals surface area contributed by atoms with E-state index >= 15 is 0 Å². The lowest BCUT2D eigenvalue weighted by atomic mass is 10.1. The molecule has 0 fully saturated rings. The lowest BCUT2D eigenvalue weighted by molar-refractivity contribution is 0.143. The number of aliphatic hydroxyl groups is 1. The van der Waals surface area contributed by atoms with E-state index < -0.39 is 5.60 Å². The van der Waals surface area contributed by atoms with E-state index in [1.54, 1.807) is 13.8 Å². The minimum absolute atomic E-state index is 0.166. The second kappa shape index (κ2) is 5.80. The third-order valence-electron chi connectivity index (χ3n) is 4.06. The smallest absolute Gasteiger partial charge is 0.143 e. The summed E-state index contributed by atoms with van der Waals surface area (Å²) in [6.07, 6.45) is 4.30. The topological polar surface area (TPSA) is 48.0 Å². The van der Waals surface area contributed by atoms with Crippen LogP contribution in [-0.4, -0.2) is 48.5 Å². The van der Waals surface area contributed by atoms with Gasteiger partial charge in [0.2, 0.25) is 0 Å². The van der Waals surface area contributed by atoms with Crippen molar-refractivity contribution in [2.45, 2.75) is 31.7 Å². The number of hydrogen-bond acceptors (Lipinski definition) is 5. The molecule has 2 atom stereocenters. The maximum absolute atomic E-state index is 9.78. The first-order chi connectivity index (χ1) is 10.9. The van der Waals surface area contributed by atoms with Crippen molar-refractivity contribution in [3.63, 3.8) is 0 Å². The second-order valence-corrected chi connectivity index (χ2v) is 6.48. The first-order valence-corrected chi connectivity index (χ1v) is 7.77. The monoisotopic (exact) mass is 313 g/mol. The molecule has 0 saturated carbocycles. The highest BCUT2D eigenvalue weighted by Crippen LogP contribution is 2.37. The van der Waals surface area contributed by atoms with Crippen LogP contribution in [0.5, 0.6) is 5.75 Å². The van der Waals surface area contributed by atoms with Gasteiger partial charge in [-0.1, -0.05) is 11.8 Å². The molecule has 5 nitrogen and oxygen atoms in total. The summed E-state index contributed by atoms with van der Waals surface area (Å²) in [5, 5.41) is 13.1. The van der Waals surface area contributed by atoms with Crippen molar-refractivity contribution < 1.29 is 9.84 Å². The number of benzene rings is 1. The largest absolute Gasteiger partial charge is 0.490 e. The Labute approximate surface area is 137 Å². The van der Waals surface area contributed by atoms with Crippen molar-refractivity contribution in [1.29, 1.82) is 0 Å². The van der Waals surface area contributed by atoms with Gasteiger partial charge in [-0.3, -0.25) is 0 Å². The predicted molar refractivity (Wildman–Crippen MR) is 91.1 cm³/mol. The summed E-state index contributed by atoms with van der Waals surface area (Å²) in [4.78, 5) is 4.38. The molecule has 1 aromatic rings. The molecule has 23 heavy (non-hydrogen) atoms. The van der Waals surface area contributed by atoms with Crippen molar-refractivity contribution in [3.8, 4) is 17.6 Å². The average Bonchev–Trinajstić information content (AvgIpc) is 2.79. The van der Waals surface area contributed by atoms with Gasteiger partial charge in [0.15, 0.2) is 0 Å². The Balaban J connectivity index is 2.00. The number of hydrogen-bond donors (Lipinski definition) is 2. The molecule has 2 heterocycles. The van der Waals surface area contributed by atoms with Crippen LogP contribution in [0.4, 0.5) is 5.69 Å². The standard InChI is InChI=1S/C18H23N3O2/c1-18(2,22)8-7-13-5-6-16-15(11-13)21-10-9-20(4)17(21)14(19-3)12-23-16/h5-6,9-11,14,17,19,22H,12H2,1-4H3. The lowest BCUT2D eigenvalue weighted by Crippen LogP contribution is -2.53. The van der Waals surface area contributed by atoms with Crippen molar-refractivity contribution in [1.82, 2.24) is 10.2 Å². The van der Waals surface area contributed by atoms with Crippen LogP contribution in [0.2, 0.25) is 0 Å². The number of likely N-dealkylation sites (N-methyl/N-ethyl adjacent to an activating group) is 2. The van der Waals surface area contributed by atoms with Crippen LogP contribution in [0.25, 0.3) is 0 Å². The molecular weight excluding hydrogens is 290 g/mol. The lowest BCUT2D eigenvalue weighted by Gasteiger charge is -2.33. The molecule has 0 saturated heterocycles. The van der Waals surface area contributed by atoms with Crippen LogP contribution in [-0.2, 0) is 0 Å². The Bertz CT molecular complexity index is 682. The first kappa shape index (κ1) is 15.7. The number of fused-ring (bicyclic) bond motifs is 3. The fraction of sp³-hybridized carbons (Fsp3) is 0.444. The van der Waals surface area contributed by atoms with Gasteiger partial charge in [-0.15, -0.1) is 0 Å². The number of nitrogens with zero attached hydrogens (tertiary/aromatic N) is 2. The Kier molecular flexibility index (Phi) is 3.97. The molecule has 2 unspecified atom stereocenters. The highest BCUT2D eigenvalue weighted by Gasteiger charge is 2.36. The van der Waals surface area contributed by atoms with Gasteiger partial charge in [-0.05, 0) is 39.1 Å². The van der Waals surface area contributed by atoms with E-state index in [2.05, 4.69) is 46.4 Å². The van der Waals surface area contributed by atoms with Crippen LogP contribution < -0.4 is 15.0 Å². The van der Waals surface area contributed by atoms with Gasteiger partial charge >= 0.3 is 0 Å². The molecule has 3 rings (SSSR count). The van der Waals surface area contributed by atoms with E-state index in [4.69, 9.17) is 4.74 Å². The van der Waals surface area contributed by atoms with Crippen LogP contribution >= 0.6 is 0 Å². The fourth-order valence-corrected chi connectivity index (χ4v) is 2.89. The Morgan fingerprint density at radius 2 is 2.13 bits per heavy atom. The Morgan fingerprint density at radius 1 is 1.35 bits per heavy atom. The summed E-state index contributed by atoms with van der Waals surface area (Å²) in [7, 11) is 4.02. The Hall–Kier alpha value is -2.16. The van der Waals surface area contributed by atoms with Crippen LogP contribution in [0.1, 0.15) is 19.4 Å². The molecular formula is C18H23N3O2. The zero-order chi connectivity index (χ0) is 16.6. The molecule has 2 N–H and O–H groups in total. The molecule has 0 spiro atoms. The average molecular weight is 313 g/mol. The van der Waals surface area contributed by atoms with E-state index in [0.717, 1.165) is 17.0 Å². The minimum Gasteiger partial charge on any atom is -0.490 e. The van der Waals surface area contributed by atoms with Gasteiger partial charge in [0.1, 0.15) is 24.1 Å². The number of nitrogens with one attached hydrogen (secondary N) is 1. The SMILES string of the molecule is CNC1COc2ccc(C#CC(C)(C)O)cc2N2C=CN(C)C12. The van der Waals surface area contributed by atoms with Gasteiger partial charge in [0.25, 0.3) is 0 Å². The number of rotatable bonds is 1.